The van der Waals surface area contributed by atoms with Crippen LogP contribution in [0.3, 0.4) is 0 Å². The van der Waals surface area contributed by atoms with Crippen molar-refractivity contribution < 1.29 is 9.47 Å². The standard InChI is InChI=1S/C47H36N4O2/c1-31-46(47-39(33-14-6-4-7-15-33)21-13-22-40(47)34-16-8-5-9-17-34)32(2)51(49-31)35-18-12-19-37(28-35)53-38-24-25-42-41-20-10-11-23-43(41)50(44(42)29-38)45-30-36(52-3)26-27-48-45/h4-30H,1-3H3. The maximum absolute atomic E-state index is 6.60. The zero-order chi connectivity index (χ0) is 35.9. The van der Waals surface area contributed by atoms with Crippen LogP contribution in [0.2, 0.25) is 0 Å². The summed E-state index contributed by atoms with van der Waals surface area (Å²) in [7, 11) is 1.67. The van der Waals surface area contributed by atoms with E-state index in [0.29, 0.717) is 5.75 Å². The lowest BCUT2D eigenvalue weighted by Gasteiger charge is -2.17. The molecule has 3 aromatic heterocycles. The number of para-hydroxylation sites is 1. The molecular weight excluding hydrogens is 653 g/mol. The molecule has 6 heteroatoms. The second-order valence-electron chi connectivity index (χ2n) is 13.1. The molecule has 3 heterocycles. The van der Waals surface area contributed by atoms with Crippen molar-refractivity contribution in [2.24, 2.45) is 0 Å². The molecule has 0 unspecified atom stereocenters. The zero-order valence-corrected chi connectivity index (χ0v) is 29.7. The Morgan fingerprint density at radius 1 is 0.528 bits per heavy atom. The van der Waals surface area contributed by atoms with E-state index >= 15 is 0 Å². The Kier molecular flexibility index (Phi) is 8.05. The lowest BCUT2D eigenvalue weighted by atomic mass is 9.87. The molecule has 0 bridgehead atoms. The van der Waals surface area contributed by atoms with Crippen LogP contribution in [0.5, 0.6) is 17.2 Å². The SMILES string of the molecule is COc1ccnc(-n2c3ccccc3c3ccc(Oc4cccc(-n5nc(C)c(-c6c(-c7ccccc7)cccc6-c6ccccc6)c5C)c4)cc32)c1. The van der Waals surface area contributed by atoms with Crippen LogP contribution >= 0.6 is 0 Å². The Balaban J connectivity index is 1.12. The van der Waals surface area contributed by atoms with Crippen molar-refractivity contribution >= 4 is 21.8 Å². The second-order valence-corrected chi connectivity index (χ2v) is 13.1. The lowest BCUT2D eigenvalue weighted by molar-refractivity contribution is 0.414. The van der Waals surface area contributed by atoms with Gasteiger partial charge in [0.05, 0.1) is 29.5 Å². The molecule has 6 aromatic carbocycles. The second kappa shape index (κ2) is 13.3. The van der Waals surface area contributed by atoms with Gasteiger partial charge in [0.15, 0.2) is 0 Å². The van der Waals surface area contributed by atoms with Crippen LogP contribution in [0, 0.1) is 13.8 Å². The Hall–Kier alpha value is -6.92. The number of fused-ring (bicyclic) bond motifs is 3. The topological polar surface area (TPSA) is 54.1 Å². The van der Waals surface area contributed by atoms with Crippen LogP contribution in [0.25, 0.3) is 66.7 Å². The molecule has 9 rings (SSSR count). The van der Waals surface area contributed by atoms with Crippen molar-refractivity contribution in [3.8, 4) is 62.1 Å². The number of hydrogen-bond donors (Lipinski definition) is 0. The van der Waals surface area contributed by atoms with Crippen molar-refractivity contribution in [2.75, 3.05) is 7.11 Å². The fourth-order valence-electron chi connectivity index (χ4n) is 7.52. The fourth-order valence-corrected chi connectivity index (χ4v) is 7.52. The van der Waals surface area contributed by atoms with Gasteiger partial charge < -0.3 is 9.47 Å². The molecular formula is C47H36N4O2. The van der Waals surface area contributed by atoms with Gasteiger partial charge in [0.1, 0.15) is 23.1 Å². The van der Waals surface area contributed by atoms with E-state index in [1.165, 1.54) is 27.8 Å². The summed E-state index contributed by atoms with van der Waals surface area (Å²) < 4.78 is 16.3. The zero-order valence-electron chi connectivity index (χ0n) is 29.7. The highest BCUT2D eigenvalue weighted by Gasteiger charge is 2.22. The first-order valence-corrected chi connectivity index (χ1v) is 17.7. The van der Waals surface area contributed by atoms with Gasteiger partial charge in [-0.3, -0.25) is 4.57 Å². The molecule has 53 heavy (non-hydrogen) atoms. The summed E-state index contributed by atoms with van der Waals surface area (Å²) in [5, 5.41) is 7.40. The third-order valence-corrected chi connectivity index (χ3v) is 9.90. The molecule has 0 saturated carbocycles. The van der Waals surface area contributed by atoms with Crippen molar-refractivity contribution in [3.05, 3.63) is 175 Å². The molecule has 0 atom stereocenters. The average Bonchev–Trinajstić information content (AvgIpc) is 3.70. The van der Waals surface area contributed by atoms with E-state index in [1.807, 2.05) is 47.1 Å². The molecule has 256 valence electrons. The van der Waals surface area contributed by atoms with Crippen LogP contribution in [0.15, 0.2) is 164 Å². The van der Waals surface area contributed by atoms with Gasteiger partial charge in [0.2, 0.25) is 0 Å². The largest absolute Gasteiger partial charge is 0.497 e. The minimum atomic E-state index is 0.716. The number of rotatable bonds is 8. The molecule has 0 aliphatic rings. The quantitative estimate of drug-likeness (QED) is 0.159. The smallest absolute Gasteiger partial charge is 0.141 e. The lowest BCUT2D eigenvalue weighted by Crippen LogP contribution is -2.00. The molecule has 9 aromatic rings. The Bertz CT molecular complexity index is 2710. The number of aryl methyl sites for hydroxylation is 1. The highest BCUT2D eigenvalue weighted by Crippen LogP contribution is 2.43. The fraction of sp³-hybridized carbons (Fsp3) is 0.0638. The number of hydrogen-bond acceptors (Lipinski definition) is 4. The molecule has 0 fully saturated rings. The van der Waals surface area contributed by atoms with Gasteiger partial charge in [-0.1, -0.05) is 103 Å². The first-order valence-electron chi connectivity index (χ1n) is 17.7. The Morgan fingerprint density at radius 2 is 1.19 bits per heavy atom. The summed E-state index contributed by atoms with van der Waals surface area (Å²) >= 11 is 0. The Labute approximate surface area is 308 Å². The maximum atomic E-state index is 6.60. The van der Waals surface area contributed by atoms with Crippen molar-refractivity contribution in [3.63, 3.8) is 0 Å². The van der Waals surface area contributed by atoms with E-state index in [4.69, 9.17) is 19.6 Å². The van der Waals surface area contributed by atoms with Crippen LogP contribution < -0.4 is 9.47 Å². The number of methoxy groups -OCH3 is 1. The van der Waals surface area contributed by atoms with Crippen LogP contribution in [-0.2, 0) is 0 Å². The van der Waals surface area contributed by atoms with E-state index in [9.17, 15) is 0 Å². The maximum Gasteiger partial charge on any atom is 0.141 e. The van der Waals surface area contributed by atoms with Gasteiger partial charge in [-0.25, -0.2) is 9.67 Å². The number of pyridine rings is 1. The van der Waals surface area contributed by atoms with Gasteiger partial charge in [-0.2, -0.15) is 5.10 Å². The molecule has 0 saturated heterocycles. The minimum Gasteiger partial charge on any atom is -0.497 e. The van der Waals surface area contributed by atoms with Gasteiger partial charge in [-0.15, -0.1) is 0 Å². The number of benzene rings is 6. The summed E-state index contributed by atoms with van der Waals surface area (Å²) in [6, 6.07) is 54.3. The highest BCUT2D eigenvalue weighted by molar-refractivity contribution is 6.09. The first-order chi connectivity index (χ1) is 26.1. The number of ether oxygens (including phenoxy) is 2. The highest BCUT2D eigenvalue weighted by atomic mass is 16.5. The molecule has 6 nitrogen and oxygen atoms in total. The number of nitrogens with zero attached hydrogens (tertiary/aromatic N) is 4. The van der Waals surface area contributed by atoms with E-state index in [1.54, 1.807) is 13.3 Å². The average molecular weight is 689 g/mol. The molecule has 0 radical (unpaired) electrons. The normalized spacial score (nSPS) is 11.3. The van der Waals surface area contributed by atoms with Crippen molar-refractivity contribution in [1.29, 1.82) is 0 Å². The van der Waals surface area contributed by atoms with Gasteiger partial charge in [-0.05, 0) is 72.5 Å². The van der Waals surface area contributed by atoms with Gasteiger partial charge >= 0.3 is 0 Å². The molecule has 0 spiro atoms. The first kappa shape index (κ1) is 32.0. The molecule has 0 aliphatic heterocycles. The van der Waals surface area contributed by atoms with Crippen molar-refractivity contribution in [1.82, 2.24) is 19.3 Å². The van der Waals surface area contributed by atoms with Crippen LogP contribution in [0.4, 0.5) is 0 Å². The monoisotopic (exact) mass is 688 g/mol. The van der Waals surface area contributed by atoms with Crippen LogP contribution in [0.1, 0.15) is 11.4 Å². The predicted molar refractivity (Wildman–Crippen MR) is 215 cm³/mol. The predicted octanol–water partition coefficient (Wildman–Crippen LogP) is 11.8. The molecule has 0 N–H and O–H groups in total. The summed E-state index contributed by atoms with van der Waals surface area (Å²) in [5.41, 5.74) is 12.0. The van der Waals surface area contributed by atoms with Crippen molar-refractivity contribution in [2.45, 2.75) is 13.8 Å². The summed E-state index contributed by atoms with van der Waals surface area (Å²) in [6.07, 6.45) is 1.77. The van der Waals surface area contributed by atoms with E-state index in [0.717, 1.165) is 61.8 Å². The van der Waals surface area contributed by atoms with Gasteiger partial charge in [0.25, 0.3) is 0 Å². The minimum absolute atomic E-state index is 0.716. The van der Waals surface area contributed by atoms with Gasteiger partial charge in [0, 0.05) is 52.0 Å². The third-order valence-electron chi connectivity index (χ3n) is 9.90. The summed E-state index contributed by atoms with van der Waals surface area (Å²) in [4.78, 5) is 4.71. The van der Waals surface area contributed by atoms with E-state index < -0.39 is 0 Å². The van der Waals surface area contributed by atoms with Crippen LogP contribution in [-0.4, -0.2) is 26.4 Å². The molecule has 0 aliphatic carbocycles. The summed E-state index contributed by atoms with van der Waals surface area (Å²) in [5.74, 6) is 2.96. The number of aromatic nitrogens is 4. The Morgan fingerprint density at radius 3 is 1.92 bits per heavy atom. The van der Waals surface area contributed by atoms with E-state index in [-0.39, 0.29) is 0 Å². The molecule has 0 amide bonds. The third kappa shape index (κ3) is 5.71. The van der Waals surface area contributed by atoms with E-state index in [2.05, 4.69) is 134 Å². The summed E-state index contributed by atoms with van der Waals surface area (Å²) in [6.45, 7) is 4.25.